The van der Waals surface area contributed by atoms with Crippen molar-refractivity contribution in [1.82, 2.24) is 15.0 Å². The van der Waals surface area contributed by atoms with Crippen molar-refractivity contribution in [3.8, 4) is 45.3 Å². The summed E-state index contributed by atoms with van der Waals surface area (Å²) in [4.78, 5) is 15.5. The highest BCUT2D eigenvalue weighted by atomic mass is 16.3. The van der Waals surface area contributed by atoms with Crippen LogP contribution < -0.4 is 0 Å². The van der Waals surface area contributed by atoms with Crippen LogP contribution in [0.15, 0.2) is 160 Å². The second kappa shape index (κ2) is 10.5. The normalized spacial score (nSPS) is 11.8. The zero-order valence-corrected chi connectivity index (χ0v) is 25.6. The molecule has 3 aromatic heterocycles. The third-order valence-corrected chi connectivity index (χ3v) is 9.13. The molecule has 0 spiro atoms. The van der Waals surface area contributed by atoms with Gasteiger partial charge in [0, 0.05) is 38.2 Å². The Morgan fingerprint density at radius 3 is 1.50 bits per heavy atom. The Balaban J connectivity index is 1.23. The molecule has 48 heavy (non-hydrogen) atoms. The summed E-state index contributed by atoms with van der Waals surface area (Å²) in [6.45, 7) is 0. The fraction of sp³-hybridized carbons (Fsp3) is 0. The second-order valence-corrected chi connectivity index (χ2v) is 12.0. The van der Waals surface area contributed by atoms with E-state index in [0.717, 1.165) is 71.7 Å². The van der Waals surface area contributed by atoms with Crippen molar-refractivity contribution in [2.45, 2.75) is 0 Å². The van der Waals surface area contributed by atoms with Crippen molar-refractivity contribution in [2.75, 3.05) is 0 Å². The Morgan fingerprint density at radius 2 is 0.833 bits per heavy atom. The van der Waals surface area contributed by atoms with Crippen LogP contribution in [0, 0.1) is 0 Å². The molecule has 10 aromatic rings. The number of aromatic nitrogens is 3. The van der Waals surface area contributed by atoms with E-state index in [0.29, 0.717) is 17.5 Å². The molecule has 10 rings (SSSR count). The Labute approximate surface area is 274 Å². The van der Waals surface area contributed by atoms with E-state index >= 15 is 0 Å². The molecule has 0 aliphatic carbocycles. The van der Waals surface area contributed by atoms with E-state index in [9.17, 15) is 0 Å². The fourth-order valence-corrected chi connectivity index (χ4v) is 6.87. The lowest BCUT2D eigenvalue weighted by molar-refractivity contribution is 0.668. The van der Waals surface area contributed by atoms with Gasteiger partial charge in [0.15, 0.2) is 17.5 Å². The number of hydrogen-bond acceptors (Lipinski definition) is 5. The van der Waals surface area contributed by atoms with Crippen LogP contribution in [0.1, 0.15) is 0 Å². The summed E-state index contributed by atoms with van der Waals surface area (Å²) >= 11 is 0. The summed E-state index contributed by atoms with van der Waals surface area (Å²) in [5, 5.41) is 6.42. The van der Waals surface area contributed by atoms with Crippen molar-refractivity contribution in [3.63, 3.8) is 0 Å². The molecule has 0 aliphatic heterocycles. The molecule has 7 aromatic carbocycles. The Kier molecular flexibility index (Phi) is 5.81. The van der Waals surface area contributed by atoms with Crippen molar-refractivity contribution < 1.29 is 8.83 Å². The predicted octanol–water partition coefficient (Wildman–Crippen LogP) is 11.5. The summed E-state index contributed by atoms with van der Waals surface area (Å²) in [5.74, 6) is 1.74. The lowest BCUT2D eigenvalue weighted by Gasteiger charge is -2.11. The lowest BCUT2D eigenvalue weighted by Crippen LogP contribution is -2.01. The number of para-hydroxylation sites is 2. The van der Waals surface area contributed by atoms with Crippen molar-refractivity contribution in [2.24, 2.45) is 0 Å². The first-order valence-corrected chi connectivity index (χ1v) is 15.9. The first kappa shape index (κ1) is 26.6. The highest BCUT2D eigenvalue weighted by Gasteiger charge is 2.20. The van der Waals surface area contributed by atoms with Gasteiger partial charge in [0.25, 0.3) is 0 Å². The van der Waals surface area contributed by atoms with Crippen LogP contribution in [0.3, 0.4) is 0 Å². The highest BCUT2D eigenvalue weighted by molar-refractivity contribution is 6.13. The molecule has 0 radical (unpaired) electrons. The molecule has 5 nitrogen and oxygen atoms in total. The number of nitrogens with zero attached hydrogens (tertiary/aromatic N) is 3. The quantitative estimate of drug-likeness (QED) is 0.197. The average Bonchev–Trinajstić information content (AvgIpc) is 3.73. The monoisotopic (exact) mass is 615 g/mol. The van der Waals surface area contributed by atoms with E-state index in [-0.39, 0.29) is 0 Å². The zero-order chi connectivity index (χ0) is 31.6. The largest absolute Gasteiger partial charge is 0.456 e. The van der Waals surface area contributed by atoms with Gasteiger partial charge in [-0.15, -0.1) is 0 Å². The van der Waals surface area contributed by atoms with E-state index in [1.807, 2.05) is 60.7 Å². The Hall–Kier alpha value is -6.59. The summed E-state index contributed by atoms with van der Waals surface area (Å²) < 4.78 is 12.5. The van der Waals surface area contributed by atoms with Crippen LogP contribution in [0.4, 0.5) is 0 Å². The number of fused-ring (bicyclic) bond motifs is 7. The predicted molar refractivity (Wildman–Crippen MR) is 194 cm³/mol. The molecule has 0 aliphatic rings. The third kappa shape index (κ3) is 4.22. The van der Waals surface area contributed by atoms with Crippen molar-refractivity contribution in [3.05, 3.63) is 152 Å². The minimum Gasteiger partial charge on any atom is -0.456 e. The van der Waals surface area contributed by atoms with Gasteiger partial charge in [0.1, 0.15) is 22.3 Å². The SMILES string of the molecule is c1cc(-c2ccc3ccccc3c2)cc(-c2nc(-c3cccc4oc5ccccc5c34)nc(-c3cccc4oc5ccccc5c34)n2)c1. The highest BCUT2D eigenvalue weighted by Crippen LogP contribution is 2.39. The van der Waals surface area contributed by atoms with Gasteiger partial charge in [-0.25, -0.2) is 15.0 Å². The van der Waals surface area contributed by atoms with Crippen LogP contribution in [0.5, 0.6) is 0 Å². The van der Waals surface area contributed by atoms with Crippen LogP contribution in [0.25, 0.3) is 99.9 Å². The van der Waals surface area contributed by atoms with Gasteiger partial charge in [-0.3, -0.25) is 0 Å². The van der Waals surface area contributed by atoms with E-state index < -0.39 is 0 Å². The minimum atomic E-state index is 0.577. The number of hydrogen-bond donors (Lipinski definition) is 0. The first-order chi connectivity index (χ1) is 23.8. The summed E-state index contributed by atoms with van der Waals surface area (Å²) in [6, 6.07) is 51.7. The zero-order valence-electron chi connectivity index (χ0n) is 25.6. The van der Waals surface area contributed by atoms with Gasteiger partial charge in [0.2, 0.25) is 0 Å². The Bertz CT molecular complexity index is 2730. The maximum Gasteiger partial charge on any atom is 0.164 e. The van der Waals surface area contributed by atoms with Crippen LogP contribution in [-0.2, 0) is 0 Å². The average molecular weight is 616 g/mol. The summed E-state index contributed by atoms with van der Waals surface area (Å²) in [7, 11) is 0. The van der Waals surface area contributed by atoms with Gasteiger partial charge >= 0.3 is 0 Å². The van der Waals surface area contributed by atoms with Crippen LogP contribution >= 0.6 is 0 Å². The molecule has 0 bridgehead atoms. The Morgan fingerprint density at radius 1 is 0.333 bits per heavy atom. The minimum absolute atomic E-state index is 0.577. The standard InChI is InChI=1S/C43H25N3O2/c1-2-11-27-24-29(23-22-26(27)10-1)28-12-7-13-30(25-28)41-44-42(33-16-8-20-37-39(33)31-14-3-5-18-35(31)47-37)46-43(45-41)34-17-9-21-38-40(34)32-15-4-6-19-36(32)48-38/h1-25H. The molecule has 5 heteroatoms. The maximum atomic E-state index is 6.25. The number of furan rings is 2. The molecular formula is C43H25N3O2. The smallest absolute Gasteiger partial charge is 0.164 e. The van der Waals surface area contributed by atoms with Crippen LogP contribution in [-0.4, -0.2) is 15.0 Å². The number of benzene rings is 7. The molecule has 0 unspecified atom stereocenters. The first-order valence-electron chi connectivity index (χ1n) is 15.9. The molecule has 0 atom stereocenters. The lowest BCUT2D eigenvalue weighted by atomic mass is 9.99. The van der Waals surface area contributed by atoms with Gasteiger partial charge < -0.3 is 8.83 Å². The molecular weight excluding hydrogens is 590 g/mol. The maximum absolute atomic E-state index is 6.25. The fourth-order valence-electron chi connectivity index (χ4n) is 6.87. The second-order valence-electron chi connectivity index (χ2n) is 12.0. The van der Waals surface area contributed by atoms with E-state index in [1.165, 1.54) is 10.8 Å². The van der Waals surface area contributed by atoms with Crippen molar-refractivity contribution >= 4 is 54.6 Å². The number of rotatable bonds is 4. The molecule has 0 saturated heterocycles. The summed E-state index contributed by atoms with van der Waals surface area (Å²) in [5.41, 5.74) is 8.13. The third-order valence-electron chi connectivity index (χ3n) is 9.13. The molecule has 0 saturated carbocycles. The van der Waals surface area contributed by atoms with Gasteiger partial charge in [-0.2, -0.15) is 0 Å². The molecule has 224 valence electrons. The molecule has 3 heterocycles. The molecule has 0 fully saturated rings. The molecule has 0 amide bonds. The van der Waals surface area contributed by atoms with E-state index in [1.54, 1.807) is 0 Å². The topological polar surface area (TPSA) is 65.0 Å². The van der Waals surface area contributed by atoms with Crippen molar-refractivity contribution in [1.29, 1.82) is 0 Å². The van der Waals surface area contributed by atoms with Gasteiger partial charge in [-0.1, -0.05) is 115 Å². The van der Waals surface area contributed by atoms with E-state index in [4.69, 9.17) is 23.8 Å². The van der Waals surface area contributed by atoms with E-state index in [2.05, 4.69) is 91.0 Å². The summed E-state index contributed by atoms with van der Waals surface area (Å²) in [6.07, 6.45) is 0. The van der Waals surface area contributed by atoms with Gasteiger partial charge in [0.05, 0.1) is 0 Å². The van der Waals surface area contributed by atoms with Crippen LogP contribution in [0.2, 0.25) is 0 Å². The molecule has 0 N–H and O–H groups in total. The van der Waals surface area contributed by atoms with Gasteiger partial charge in [-0.05, 0) is 58.3 Å².